The average molecular weight is 360 g/mol. The monoisotopic (exact) mass is 359 g/mol. The number of nitrogens with zero attached hydrogens (tertiary/aromatic N) is 3. The molecule has 0 aliphatic heterocycles. The summed E-state index contributed by atoms with van der Waals surface area (Å²) in [6.45, 7) is -0.265. The summed E-state index contributed by atoms with van der Waals surface area (Å²) in [6, 6.07) is 12.2. The summed E-state index contributed by atoms with van der Waals surface area (Å²) in [7, 11) is 0. The van der Waals surface area contributed by atoms with Crippen molar-refractivity contribution >= 4 is 23.3 Å². The highest BCUT2D eigenvalue weighted by molar-refractivity contribution is 6.33. The third-order valence-electron chi connectivity index (χ3n) is 3.20. The van der Waals surface area contributed by atoms with Gasteiger partial charge >= 0.3 is 5.97 Å². The molecule has 0 saturated carbocycles. The number of esters is 1. The molecule has 3 aromatic rings. The fraction of sp³-hybridized carbons (Fsp3) is 0.0625. The van der Waals surface area contributed by atoms with E-state index in [2.05, 4.69) is 10.1 Å². The van der Waals surface area contributed by atoms with Gasteiger partial charge in [-0.3, -0.25) is 10.1 Å². The second kappa shape index (κ2) is 7.10. The van der Waals surface area contributed by atoms with Gasteiger partial charge in [-0.05, 0) is 18.2 Å². The molecule has 0 aliphatic carbocycles. The number of halogens is 1. The van der Waals surface area contributed by atoms with Crippen LogP contribution in [0.3, 0.4) is 0 Å². The third kappa shape index (κ3) is 3.81. The predicted octanol–water partition coefficient (Wildman–Crippen LogP) is 3.66. The summed E-state index contributed by atoms with van der Waals surface area (Å²) in [6.07, 6.45) is 0. The van der Waals surface area contributed by atoms with E-state index in [0.29, 0.717) is 10.6 Å². The topological polar surface area (TPSA) is 108 Å². The summed E-state index contributed by atoms with van der Waals surface area (Å²) in [5, 5.41) is 15.0. The van der Waals surface area contributed by atoms with E-state index in [-0.39, 0.29) is 29.6 Å². The van der Waals surface area contributed by atoms with E-state index in [1.807, 2.05) is 0 Å². The molecule has 0 saturated heterocycles. The molecule has 9 heteroatoms. The van der Waals surface area contributed by atoms with Crippen LogP contribution in [0.4, 0.5) is 5.69 Å². The number of hydrogen-bond donors (Lipinski definition) is 0. The number of carbonyl (C=O) groups excluding carboxylic acids is 1. The van der Waals surface area contributed by atoms with Crippen LogP contribution < -0.4 is 0 Å². The highest BCUT2D eigenvalue weighted by Gasteiger charge is 2.16. The molecule has 0 unspecified atom stereocenters. The minimum Gasteiger partial charge on any atom is -0.452 e. The zero-order valence-electron chi connectivity index (χ0n) is 12.6. The maximum atomic E-state index is 12.0. The van der Waals surface area contributed by atoms with Crippen LogP contribution in [0, 0.1) is 10.1 Å². The molecule has 0 spiro atoms. The van der Waals surface area contributed by atoms with Crippen molar-refractivity contribution < 1.29 is 19.0 Å². The van der Waals surface area contributed by atoms with Gasteiger partial charge in [0.05, 0.1) is 15.5 Å². The van der Waals surface area contributed by atoms with Crippen LogP contribution in [0.25, 0.3) is 11.4 Å². The minimum absolute atomic E-state index is 0.0556. The predicted molar refractivity (Wildman–Crippen MR) is 87.0 cm³/mol. The first kappa shape index (κ1) is 16.6. The molecule has 0 fully saturated rings. The smallest absolute Gasteiger partial charge is 0.338 e. The molecule has 8 nitrogen and oxygen atoms in total. The highest BCUT2D eigenvalue weighted by Crippen LogP contribution is 2.25. The quantitative estimate of drug-likeness (QED) is 0.388. The molecule has 2 aromatic carbocycles. The number of nitro benzene ring substituents is 1. The van der Waals surface area contributed by atoms with Crippen LogP contribution in [0.15, 0.2) is 53.1 Å². The average Bonchev–Trinajstić information content (AvgIpc) is 3.09. The first-order chi connectivity index (χ1) is 12.0. The Balaban J connectivity index is 1.68. The first-order valence-electron chi connectivity index (χ1n) is 7.03. The zero-order valence-corrected chi connectivity index (χ0v) is 13.3. The van der Waals surface area contributed by atoms with Gasteiger partial charge in [-0.1, -0.05) is 35.0 Å². The van der Waals surface area contributed by atoms with Gasteiger partial charge in [-0.15, -0.1) is 0 Å². The Morgan fingerprint density at radius 3 is 2.80 bits per heavy atom. The second-order valence-corrected chi connectivity index (χ2v) is 5.28. The standard InChI is InChI=1S/C16H10ClN3O5/c17-13-7-2-1-6-12(13)15-18-14(25-19-15)9-24-16(21)10-4-3-5-11(8-10)20(22)23/h1-8H,9H2. The summed E-state index contributed by atoms with van der Waals surface area (Å²) in [5.74, 6) is -0.387. The van der Waals surface area contributed by atoms with E-state index in [4.69, 9.17) is 20.9 Å². The van der Waals surface area contributed by atoms with Crippen molar-refractivity contribution in [2.24, 2.45) is 0 Å². The molecule has 0 bridgehead atoms. The second-order valence-electron chi connectivity index (χ2n) is 4.88. The lowest BCUT2D eigenvalue weighted by Gasteiger charge is -2.01. The van der Waals surface area contributed by atoms with Crippen LogP contribution in [-0.4, -0.2) is 21.0 Å². The number of nitro groups is 1. The molecule has 126 valence electrons. The van der Waals surface area contributed by atoms with Crippen LogP contribution in [0.1, 0.15) is 16.2 Å². The van der Waals surface area contributed by atoms with E-state index < -0.39 is 10.9 Å². The van der Waals surface area contributed by atoms with Gasteiger partial charge in [-0.25, -0.2) is 4.79 Å². The summed E-state index contributed by atoms with van der Waals surface area (Å²) < 4.78 is 10.1. The van der Waals surface area contributed by atoms with Gasteiger partial charge < -0.3 is 9.26 Å². The summed E-state index contributed by atoms with van der Waals surface area (Å²) >= 11 is 6.05. The van der Waals surface area contributed by atoms with Gasteiger partial charge in [-0.2, -0.15) is 4.98 Å². The van der Waals surface area contributed by atoms with Crippen LogP contribution in [0.2, 0.25) is 5.02 Å². The van der Waals surface area contributed by atoms with Crippen molar-refractivity contribution in [1.29, 1.82) is 0 Å². The van der Waals surface area contributed by atoms with Gasteiger partial charge in [0.2, 0.25) is 5.82 Å². The number of aromatic nitrogens is 2. The Kier molecular flexibility index (Phi) is 4.71. The highest BCUT2D eigenvalue weighted by atomic mass is 35.5. The normalized spacial score (nSPS) is 10.4. The van der Waals surface area contributed by atoms with Crippen molar-refractivity contribution in [3.05, 3.63) is 75.1 Å². The van der Waals surface area contributed by atoms with Crippen molar-refractivity contribution in [1.82, 2.24) is 10.1 Å². The van der Waals surface area contributed by atoms with Gasteiger partial charge in [0.25, 0.3) is 11.6 Å². The van der Waals surface area contributed by atoms with E-state index in [0.717, 1.165) is 6.07 Å². The fourth-order valence-electron chi connectivity index (χ4n) is 2.02. The maximum Gasteiger partial charge on any atom is 0.338 e. The molecular formula is C16H10ClN3O5. The Hall–Kier alpha value is -3.26. The molecule has 0 amide bonds. The molecule has 1 aromatic heterocycles. The van der Waals surface area contributed by atoms with E-state index >= 15 is 0 Å². The number of ether oxygens (including phenoxy) is 1. The number of carbonyl (C=O) groups is 1. The van der Waals surface area contributed by atoms with Gasteiger partial charge in [0.15, 0.2) is 6.61 Å². The van der Waals surface area contributed by atoms with Crippen molar-refractivity contribution in [2.75, 3.05) is 0 Å². The summed E-state index contributed by atoms with van der Waals surface area (Å²) in [5.41, 5.74) is 0.442. The van der Waals surface area contributed by atoms with Gasteiger partial charge in [0, 0.05) is 17.7 Å². The summed E-state index contributed by atoms with van der Waals surface area (Å²) in [4.78, 5) is 26.2. The van der Waals surface area contributed by atoms with E-state index in [1.165, 1.54) is 18.2 Å². The van der Waals surface area contributed by atoms with Gasteiger partial charge in [0.1, 0.15) is 0 Å². The lowest BCUT2D eigenvalue weighted by Crippen LogP contribution is -2.06. The number of non-ortho nitro benzene ring substituents is 1. The Bertz CT molecular complexity index is 941. The molecule has 0 aliphatic rings. The number of benzene rings is 2. The Labute approximate surface area is 146 Å². The van der Waals surface area contributed by atoms with Crippen molar-refractivity contribution in [2.45, 2.75) is 6.61 Å². The van der Waals surface area contributed by atoms with Crippen molar-refractivity contribution in [3.8, 4) is 11.4 Å². The van der Waals surface area contributed by atoms with Crippen molar-refractivity contribution in [3.63, 3.8) is 0 Å². The SMILES string of the molecule is O=C(OCc1nc(-c2ccccc2Cl)no1)c1cccc([N+](=O)[O-])c1. The molecular weight excluding hydrogens is 350 g/mol. The number of hydrogen-bond acceptors (Lipinski definition) is 7. The Morgan fingerprint density at radius 1 is 1.24 bits per heavy atom. The molecule has 1 heterocycles. The van der Waals surface area contributed by atoms with E-state index in [9.17, 15) is 14.9 Å². The number of rotatable bonds is 5. The minimum atomic E-state index is -0.735. The largest absolute Gasteiger partial charge is 0.452 e. The van der Waals surface area contributed by atoms with Crippen LogP contribution in [-0.2, 0) is 11.3 Å². The fourth-order valence-corrected chi connectivity index (χ4v) is 2.24. The van der Waals surface area contributed by atoms with E-state index in [1.54, 1.807) is 24.3 Å². The lowest BCUT2D eigenvalue weighted by atomic mass is 10.2. The Morgan fingerprint density at radius 2 is 2.04 bits per heavy atom. The molecule has 3 rings (SSSR count). The molecule has 0 N–H and O–H groups in total. The maximum absolute atomic E-state index is 12.0. The van der Waals surface area contributed by atoms with Crippen LogP contribution >= 0.6 is 11.6 Å². The molecule has 0 atom stereocenters. The zero-order chi connectivity index (χ0) is 17.8. The molecule has 0 radical (unpaired) electrons. The third-order valence-corrected chi connectivity index (χ3v) is 3.53. The van der Waals surface area contributed by atoms with Crippen LogP contribution in [0.5, 0.6) is 0 Å². The lowest BCUT2D eigenvalue weighted by molar-refractivity contribution is -0.384. The molecule has 25 heavy (non-hydrogen) atoms. The first-order valence-corrected chi connectivity index (χ1v) is 7.41.